The van der Waals surface area contributed by atoms with Crippen molar-refractivity contribution in [1.29, 1.82) is 0 Å². The van der Waals surface area contributed by atoms with E-state index in [1.165, 1.54) is 109 Å². The normalized spacial score (nSPS) is 14.3. The maximum Gasteiger partial charge on any atom is 0.472 e. The summed E-state index contributed by atoms with van der Waals surface area (Å²) in [6.45, 7) is 4.74. The maximum absolute atomic E-state index is 13.0. The molecule has 0 aromatic heterocycles. The van der Waals surface area contributed by atoms with Gasteiger partial charge in [0.25, 0.3) is 0 Å². The van der Waals surface area contributed by atoms with Crippen LogP contribution in [0.3, 0.4) is 0 Å². The molecular weight excluding hydrogens is 1210 g/mol. The molecule has 0 aromatic carbocycles. The molecule has 0 amide bonds. The molecule has 0 spiro atoms. The number of aliphatic hydroxyl groups is 1. The molecule has 0 aromatic rings. The van der Waals surface area contributed by atoms with Crippen LogP contribution in [0.15, 0.2) is 48.6 Å². The second-order valence-electron chi connectivity index (χ2n) is 24.9. The van der Waals surface area contributed by atoms with Crippen molar-refractivity contribution in [3.8, 4) is 0 Å². The van der Waals surface area contributed by atoms with Crippen molar-refractivity contribution in [3.63, 3.8) is 0 Å². The van der Waals surface area contributed by atoms with Crippen molar-refractivity contribution in [2.24, 2.45) is 0 Å². The van der Waals surface area contributed by atoms with E-state index >= 15 is 0 Å². The van der Waals surface area contributed by atoms with Gasteiger partial charge in [-0.2, -0.15) is 0 Å². The molecule has 0 fully saturated rings. The van der Waals surface area contributed by atoms with Crippen LogP contribution in [0.2, 0.25) is 0 Å². The first kappa shape index (κ1) is 89.0. The average Bonchev–Trinajstić information content (AvgIpc) is 2.31. The van der Waals surface area contributed by atoms with Crippen LogP contribution >= 0.6 is 15.6 Å². The third kappa shape index (κ3) is 65.7. The number of hydrogen-bond acceptors (Lipinski definition) is 15. The molecule has 0 bridgehead atoms. The molecule has 0 saturated heterocycles. The standard InChI is InChI=1S/C73H134O17P2/c1-5-9-13-17-21-25-29-31-32-33-34-36-40-42-46-50-54-58-71(76)84-64-69(90-73(78)60-56-52-48-44-38-28-24-20-16-12-8-4)66-88-92(81,82)86-62-67(74)61-85-91(79,80)87-65-68(89-72(77)59-55-51-47-43-37-27-23-19-15-11-7-3)63-83-70(75)57-53-49-45-41-39-35-30-26-22-18-14-10-6-2/h9,13,20-21,24-25,31-32,67-69,74H,5-8,10-12,14-19,22-23,26-30,33-66H2,1-4H3,(H,79,80)(H,81,82)/b13-9-,24-20-,25-21-,32-31-. The zero-order chi connectivity index (χ0) is 67.5. The van der Waals surface area contributed by atoms with Gasteiger partial charge in [-0.25, -0.2) is 9.13 Å². The van der Waals surface area contributed by atoms with Gasteiger partial charge in [0, 0.05) is 25.7 Å². The summed E-state index contributed by atoms with van der Waals surface area (Å²) in [6.07, 6.45) is 61.2. The Morgan fingerprint density at radius 1 is 0.315 bits per heavy atom. The summed E-state index contributed by atoms with van der Waals surface area (Å²) < 4.78 is 68.3. The molecule has 5 atom stereocenters. The van der Waals surface area contributed by atoms with Crippen LogP contribution in [0, 0.1) is 0 Å². The molecule has 0 rings (SSSR count). The lowest BCUT2D eigenvalue weighted by Gasteiger charge is -2.21. The summed E-state index contributed by atoms with van der Waals surface area (Å²) in [7, 11) is -9.92. The third-order valence-corrected chi connectivity index (χ3v) is 17.7. The van der Waals surface area contributed by atoms with Crippen LogP contribution in [0.5, 0.6) is 0 Å². The third-order valence-electron chi connectivity index (χ3n) is 15.8. The molecule has 0 saturated carbocycles. The van der Waals surface area contributed by atoms with Gasteiger partial charge in [-0.3, -0.25) is 37.3 Å². The molecule has 92 heavy (non-hydrogen) atoms. The highest BCUT2D eigenvalue weighted by atomic mass is 31.2. The van der Waals surface area contributed by atoms with Crippen molar-refractivity contribution in [3.05, 3.63) is 48.6 Å². The van der Waals surface area contributed by atoms with Crippen LogP contribution in [0.25, 0.3) is 0 Å². The monoisotopic (exact) mass is 1340 g/mol. The first-order valence-electron chi connectivity index (χ1n) is 36.9. The van der Waals surface area contributed by atoms with Crippen molar-refractivity contribution in [2.45, 2.75) is 354 Å². The fourth-order valence-electron chi connectivity index (χ4n) is 10.2. The van der Waals surface area contributed by atoms with Crippen molar-refractivity contribution in [1.82, 2.24) is 0 Å². The SMILES string of the molecule is CC/C=C\C/C=C\C/C=C\CCCCCCCCCC(=O)OCC(COP(=O)(O)OCC(O)COP(=O)(O)OCC(COC(=O)CCCCCCCCCCCCCCC)OC(=O)CCCCCCCCCCCCC)OC(=O)CCCCCCC/C=C\CCCC. The predicted octanol–water partition coefficient (Wildman–Crippen LogP) is 20.6. The van der Waals surface area contributed by atoms with E-state index < -0.39 is 97.5 Å². The summed E-state index contributed by atoms with van der Waals surface area (Å²) in [4.78, 5) is 72.6. The number of hydrogen-bond donors (Lipinski definition) is 3. The molecule has 17 nitrogen and oxygen atoms in total. The van der Waals surface area contributed by atoms with Crippen molar-refractivity contribution >= 4 is 39.5 Å². The Balaban J connectivity index is 5.26. The van der Waals surface area contributed by atoms with E-state index in [9.17, 15) is 43.2 Å². The number of phosphoric acid groups is 2. The van der Waals surface area contributed by atoms with Crippen molar-refractivity contribution < 1.29 is 80.2 Å². The minimum atomic E-state index is -4.96. The number of unbranched alkanes of at least 4 members (excludes halogenated alkanes) is 36. The molecule has 0 heterocycles. The number of carbonyl (C=O) groups is 4. The lowest BCUT2D eigenvalue weighted by atomic mass is 10.0. The molecule has 0 radical (unpaired) electrons. The van der Waals surface area contributed by atoms with Gasteiger partial charge in [0.2, 0.25) is 0 Å². The highest BCUT2D eigenvalue weighted by Gasteiger charge is 2.30. The number of aliphatic hydroxyl groups excluding tert-OH is 1. The molecule has 5 unspecified atom stereocenters. The van der Waals surface area contributed by atoms with Crippen LogP contribution in [0.4, 0.5) is 0 Å². The van der Waals surface area contributed by atoms with Gasteiger partial charge in [-0.15, -0.1) is 0 Å². The lowest BCUT2D eigenvalue weighted by molar-refractivity contribution is -0.161. The van der Waals surface area contributed by atoms with Gasteiger partial charge in [-0.05, 0) is 77.0 Å². The topological polar surface area (TPSA) is 237 Å². The van der Waals surface area contributed by atoms with Gasteiger partial charge >= 0.3 is 39.5 Å². The van der Waals surface area contributed by atoms with E-state index in [-0.39, 0.29) is 25.7 Å². The molecule has 0 aliphatic carbocycles. The van der Waals surface area contributed by atoms with Gasteiger partial charge in [-0.1, -0.05) is 282 Å². The zero-order valence-electron chi connectivity index (χ0n) is 58.5. The fourth-order valence-corrected chi connectivity index (χ4v) is 11.7. The van der Waals surface area contributed by atoms with Gasteiger partial charge < -0.3 is 33.8 Å². The maximum atomic E-state index is 13.0. The summed E-state index contributed by atoms with van der Waals surface area (Å²) in [6, 6.07) is 0. The van der Waals surface area contributed by atoms with Crippen molar-refractivity contribution in [2.75, 3.05) is 39.6 Å². The van der Waals surface area contributed by atoms with E-state index in [0.29, 0.717) is 25.7 Å². The number of esters is 4. The van der Waals surface area contributed by atoms with E-state index in [1.54, 1.807) is 0 Å². The number of rotatable bonds is 70. The van der Waals surface area contributed by atoms with Crippen LogP contribution in [-0.2, 0) is 65.4 Å². The van der Waals surface area contributed by atoms with E-state index in [4.69, 9.17) is 37.0 Å². The summed E-state index contributed by atoms with van der Waals surface area (Å²) in [5.41, 5.74) is 0. The first-order valence-corrected chi connectivity index (χ1v) is 39.9. The van der Waals surface area contributed by atoms with E-state index in [2.05, 4.69) is 76.3 Å². The van der Waals surface area contributed by atoms with Gasteiger partial charge in [0.05, 0.1) is 26.4 Å². The Labute approximate surface area is 559 Å². The molecule has 3 N–H and O–H groups in total. The fraction of sp³-hybridized carbons (Fsp3) is 0.836. The Morgan fingerprint density at radius 3 is 0.913 bits per heavy atom. The summed E-state index contributed by atoms with van der Waals surface area (Å²) in [5.74, 6) is -2.16. The molecule has 0 aliphatic heterocycles. The first-order chi connectivity index (χ1) is 44.7. The highest BCUT2D eigenvalue weighted by molar-refractivity contribution is 7.47. The average molecular weight is 1350 g/mol. The smallest absolute Gasteiger partial charge is 0.462 e. The number of ether oxygens (including phenoxy) is 4. The van der Waals surface area contributed by atoms with Crippen LogP contribution in [0.1, 0.15) is 336 Å². The Kier molecular flexibility index (Phi) is 64.5. The number of phosphoric ester groups is 2. The molecule has 19 heteroatoms. The Morgan fingerprint density at radius 2 is 0.576 bits per heavy atom. The highest BCUT2D eigenvalue weighted by Crippen LogP contribution is 2.45. The van der Waals surface area contributed by atoms with Gasteiger partial charge in [0.15, 0.2) is 12.2 Å². The minimum absolute atomic E-state index is 0.0866. The quantitative estimate of drug-likeness (QED) is 0.0169. The predicted molar refractivity (Wildman–Crippen MR) is 372 cm³/mol. The molecule has 0 aliphatic rings. The molecular formula is C73H134O17P2. The lowest BCUT2D eigenvalue weighted by Crippen LogP contribution is -2.30. The summed E-state index contributed by atoms with van der Waals surface area (Å²) >= 11 is 0. The second kappa shape index (κ2) is 66.6. The number of carbonyl (C=O) groups excluding carboxylic acids is 4. The minimum Gasteiger partial charge on any atom is -0.462 e. The largest absolute Gasteiger partial charge is 0.472 e. The Hall–Kier alpha value is -2.98. The van der Waals surface area contributed by atoms with Crippen LogP contribution in [-0.4, -0.2) is 96.7 Å². The number of allylic oxidation sites excluding steroid dienone is 8. The summed E-state index contributed by atoms with van der Waals surface area (Å²) in [5, 5.41) is 10.6. The van der Waals surface area contributed by atoms with E-state index in [1.807, 2.05) is 0 Å². The zero-order valence-corrected chi connectivity index (χ0v) is 60.3. The molecule has 538 valence electrons. The Bertz CT molecular complexity index is 1940. The van der Waals surface area contributed by atoms with E-state index in [0.717, 1.165) is 148 Å². The second-order valence-corrected chi connectivity index (χ2v) is 27.8. The van der Waals surface area contributed by atoms with Crippen LogP contribution < -0.4 is 0 Å². The van der Waals surface area contributed by atoms with Gasteiger partial charge in [0.1, 0.15) is 19.3 Å².